The molecule has 0 aliphatic heterocycles. The van der Waals surface area contributed by atoms with Gasteiger partial charge >= 0.3 is 5.97 Å². The van der Waals surface area contributed by atoms with Crippen LogP contribution in [-0.2, 0) is 4.79 Å². The van der Waals surface area contributed by atoms with Crippen LogP contribution >= 0.6 is 15.9 Å². The van der Waals surface area contributed by atoms with Crippen molar-refractivity contribution in [2.75, 3.05) is 0 Å². The zero-order valence-electron chi connectivity index (χ0n) is 8.98. The third kappa shape index (κ3) is 2.88. The third-order valence-electron chi connectivity index (χ3n) is 2.91. The number of aliphatic carboxylic acids is 1. The highest BCUT2D eigenvalue weighted by molar-refractivity contribution is 9.10. The quantitative estimate of drug-likeness (QED) is 0.895. The van der Waals surface area contributed by atoms with Gasteiger partial charge in [-0.1, -0.05) is 0 Å². The molecule has 1 saturated carbocycles. The first-order chi connectivity index (χ1) is 8.06. The van der Waals surface area contributed by atoms with E-state index in [0.29, 0.717) is 23.9 Å². The summed E-state index contributed by atoms with van der Waals surface area (Å²) >= 11 is 3.12. The summed E-state index contributed by atoms with van der Waals surface area (Å²) in [6.45, 7) is 0. The summed E-state index contributed by atoms with van der Waals surface area (Å²) in [6.07, 6.45) is 1.80. The van der Waals surface area contributed by atoms with Gasteiger partial charge in [0.1, 0.15) is 0 Å². The molecule has 1 heterocycles. The van der Waals surface area contributed by atoms with E-state index in [4.69, 9.17) is 9.52 Å². The van der Waals surface area contributed by atoms with Crippen LogP contribution in [0.3, 0.4) is 0 Å². The van der Waals surface area contributed by atoms with Crippen LogP contribution in [0.4, 0.5) is 0 Å². The average Bonchev–Trinajstić information content (AvgIpc) is 2.86. The zero-order valence-corrected chi connectivity index (χ0v) is 10.6. The number of rotatable bonds is 3. The van der Waals surface area contributed by atoms with Gasteiger partial charge in [0.25, 0.3) is 5.91 Å². The number of amides is 1. The second-order valence-electron chi connectivity index (χ2n) is 4.12. The van der Waals surface area contributed by atoms with E-state index in [1.54, 1.807) is 12.1 Å². The molecule has 2 rings (SSSR count). The van der Waals surface area contributed by atoms with E-state index < -0.39 is 5.97 Å². The number of hydrogen-bond acceptors (Lipinski definition) is 3. The normalized spacial score (nSPS) is 23.6. The van der Waals surface area contributed by atoms with Crippen molar-refractivity contribution in [3.05, 3.63) is 22.6 Å². The topological polar surface area (TPSA) is 79.5 Å². The fourth-order valence-corrected chi connectivity index (χ4v) is 2.34. The Kier molecular flexibility index (Phi) is 3.51. The van der Waals surface area contributed by atoms with Gasteiger partial charge in [0.15, 0.2) is 10.4 Å². The fourth-order valence-electron chi connectivity index (χ4n) is 2.03. The maximum absolute atomic E-state index is 11.7. The van der Waals surface area contributed by atoms with Crippen molar-refractivity contribution < 1.29 is 19.1 Å². The molecule has 5 nitrogen and oxygen atoms in total. The lowest BCUT2D eigenvalue weighted by Gasteiger charge is -2.10. The SMILES string of the molecule is O=C(N[C@H]1CC[C@@H](C(=O)O)C1)c1ccc(Br)o1. The van der Waals surface area contributed by atoms with Gasteiger partial charge in [-0.25, -0.2) is 0 Å². The first-order valence-electron chi connectivity index (χ1n) is 5.35. The van der Waals surface area contributed by atoms with Crippen LogP contribution in [0.5, 0.6) is 0 Å². The molecule has 6 heteroatoms. The van der Waals surface area contributed by atoms with Crippen LogP contribution in [0.2, 0.25) is 0 Å². The molecule has 1 fully saturated rings. The summed E-state index contributed by atoms with van der Waals surface area (Å²) in [7, 11) is 0. The molecular weight excluding hydrogens is 290 g/mol. The van der Waals surface area contributed by atoms with Crippen molar-refractivity contribution in [1.82, 2.24) is 5.32 Å². The molecule has 17 heavy (non-hydrogen) atoms. The lowest BCUT2D eigenvalue weighted by Crippen LogP contribution is -2.33. The molecule has 2 atom stereocenters. The van der Waals surface area contributed by atoms with Crippen molar-refractivity contribution in [2.45, 2.75) is 25.3 Å². The Morgan fingerprint density at radius 1 is 1.41 bits per heavy atom. The summed E-state index contributed by atoms with van der Waals surface area (Å²) < 4.78 is 5.62. The number of hydrogen-bond donors (Lipinski definition) is 2. The Bertz CT molecular complexity index is 442. The molecule has 1 amide bonds. The molecule has 0 spiro atoms. The Morgan fingerprint density at radius 3 is 2.71 bits per heavy atom. The first kappa shape index (κ1) is 12.2. The molecule has 1 aromatic heterocycles. The fraction of sp³-hybridized carbons (Fsp3) is 0.455. The lowest BCUT2D eigenvalue weighted by atomic mass is 10.1. The third-order valence-corrected chi connectivity index (χ3v) is 3.34. The van der Waals surface area contributed by atoms with E-state index in [0.717, 1.165) is 0 Å². The molecule has 2 N–H and O–H groups in total. The predicted molar refractivity (Wildman–Crippen MR) is 62.6 cm³/mol. The molecule has 0 unspecified atom stereocenters. The standard InChI is InChI=1S/C11H12BrNO4/c12-9-4-3-8(17-9)10(14)13-7-2-1-6(5-7)11(15)16/h3-4,6-7H,1-2,5H2,(H,13,14)(H,15,16)/t6-,7+/m1/s1. The van der Waals surface area contributed by atoms with Gasteiger partial charge in [0.05, 0.1) is 5.92 Å². The van der Waals surface area contributed by atoms with Crippen LogP contribution in [0.1, 0.15) is 29.8 Å². The van der Waals surface area contributed by atoms with Gasteiger partial charge in [0.2, 0.25) is 0 Å². The molecule has 0 aromatic carbocycles. The average molecular weight is 302 g/mol. The number of halogens is 1. The van der Waals surface area contributed by atoms with Gasteiger partial charge in [-0.3, -0.25) is 9.59 Å². The highest BCUT2D eigenvalue weighted by atomic mass is 79.9. The van der Waals surface area contributed by atoms with Crippen LogP contribution in [-0.4, -0.2) is 23.0 Å². The summed E-state index contributed by atoms with van der Waals surface area (Å²) in [5.74, 6) is -1.20. The van der Waals surface area contributed by atoms with Crippen molar-refractivity contribution in [1.29, 1.82) is 0 Å². The van der Waals surface area contributed by atoms with E-state index in [2.05, 4.69) is 21.2 Å². The Hall–Kier alpha value is -1.30. The number of carbonyl (C=O) groups is 2. The van der Waals surface area contributed by atoms with E-state index in [-0.39, 0.29) is 23.6 Å². The molecule has 1 aliphatic rings. The number of carboxylic acid groups (broad SMARTS) is 1. The Morgan fingerprint density at radius 2 is 2.18 bits per heavy atom. The smallest absolute Gasteiger partial charge is 0.306 e. The van der Waals surface area contributed by atoms with Gasteiger partial charge in [0, 0.05) is 6.04 Å². The summed E-state index contributed by atoms with van der Waals surface area (Å²) in [5, 5.41) is 11.6. The molecule has 1 aromatic rings. The molecule has 0 saturated heterocycles. The number of furan rings is 1. The number of nitrogens with one attached hydrogen (secondary N) is 1. The van der Waals surface area contributed by atoms with Gasteiger partial charge in [-0.15, -0.1) is 0 Å². The Balaban J connectivity index is 1.90. The molecule has 0 radical (unpaired) electrons. The second-order valence-corrected chi connectivity index (χ2v) is 4.90. The maximum atomic E-state index is 11.7. The minimum atomic E-state index is -0.789. The van der Waals surface area contributed by atoms with Crippen molar-refractivity contribution >= 4 is 27.8 Å². The minimum Gasteiger partial charge on any atom is -0.481 e. The van der Waals surface area contributed by atoms with E-state index in [1.807, 2.05) is 0 Å². The van der Waals surface area contributed by atoms with E-state index >= 15 is 0 Å². The van der Waals surface area contributed by atoms with Crippen molar-refractivity contribution in [3.8, 4) is 0 Å². The number of carbonyl (C=O) groups excluding carboxylic acids is 1. The number of carboxylic acids is 1. The predicted octanol–water partition coefficient (Wildman–Crippen LogP) is 2.03. The summed E-state index contributed by atoms with van der Waals surface area (Å²) in [4.78, 5) is 22.5. The monoisotopic (exact) mass is 301 g/mol. The van der Waals surface area contributed by atoms with Gasteiger partial charge in [-0.2, -0.15) is 0 Å². The van der Waals surface area contributed by atoms with Gasteiger partial charge in [-0.05, 0) is 47.3 Å². The van der Waals surface area contributed by atoms with Gasteiger partial charge < -0.3 is 14.8 Å². The highest BCUT2D eigenvalue weighted by Crippen LogP contribution is 2.26. The lowest BCUT2D eigenvalue weighted by molar-refractivity contribution is -0.141. The summed E-state index contributed by atoms with van der Waals surface area (Å²) in [5.41, 5.74) is 0. The maximum Gasteiger partial charge on any atom is 0.306 e. The van der Waals surface area contributed by atoms with Crippen LogP contribution in [0, 0.1) is 5.92 Å². The second kappa shape index (κ2) is 4.91. The Labute approximate surface area is 106 Å². The van der Waals surface area contributed by atoms with Crippen molar-refractivity contribution in [2.24, 2.45) is 5.92 Å². The molecule has 92 valence electrons. The van der Waals surface area contributed by atoms with E-state index in [9.17, 15) is 9.59 Å². The van der Waals surface area contributed by atoms with Crippen molar-refractivity contribution in [3.63, 3.8) is 0 Å². The highest BCUT2D eigenvalue weighted by Gasteiger charge is 2.31. The molecule has 1 aliphatic carbocycles. The van der Waals surface area contributed by atoms with E-state index in [1.165, 1.54) is 0 Å². The first-order valence-corrected chi connectivity index (χ1v) is 6.14. The van der Waals surface area contributed by atoms with Crippen LogP contribution < -0.4 is 5.32 Å². The molecular formula is C11H12BrNO4. The van der Waals surface area contributed by atoms with Crippen LogP contribution in [0.25, 0.3) is 0 Å². The summed E-state index contributed by atoms with van der Waals surface area (Å²) in [6, 6.07) is 3.14. The van der Waals surface area contributed by atoms with Crippen LogP contribution in [0.15, 0.2) is 21.2 Å². The zero-order chi connectivity index (χ0) is 12.4. The molecule has 0 bridgehead atoms. The largest absolute Gasteiger partial charge is 0.481 e. The minimum absolute atomic E-state index is 0.0764.